The number of rotatable bonds is 1. The SMILES string of the molecule is COC(=O)C1CCC(F)(F)CC1N. The fourth-order valence-corrected chi connectivity index (χ4v) is 1.61. The summed E-state index contributed by atoms with van der Waals surface area (Å²) in [7, 11) is 1.24. The van der Waals surface area contributed by atoms with Crippen LogP contribution in [-0.4, -0.2) is 25.0 Å². The molecule has 13 heavy (non-hydrogen) atoms. The van der Waals surface area contributed by atoms with Crippen LogP contribution < -0.4 is 5.73 Å². The van der Waals surface area contributed by atoms with Crippen molar-refractivity contribution in [1.82, 2.24) is 0 Å². The number of alkyl halides is 2. The summed E-state index contributed by atoms with van der Waals surface area (Å²) >= 11 is 0. The first-order valence-electron chi connectivity index (χ1n) is 4.17. The van der Waals surface area contributed by atoms with Gasteiger partial charge in [-0.1, -0.05) is 0 Å². The molecule has 1 saturated carbocycles. The van der Waals surface area contributed by atoms with Crippen molar-refractivity contribution in [2.45, 2.75) is 31.2 Å². The Labute approximate surface area is 75.2 Å². The van der Waals surface area contributed by atoms with Crippen LogP contribution in [0, 0.1) is 5.92 Å². The van der Waals surface area contributed by atoms with Crippen LogP contribution in [0.1, 0.15) is 19.3 Å². The molecule has 0 aromatic carbocycles. The molecule has 0 amide bonds. The maximum Gasteiger partial charge on any atom is 0.310 e. The fraction of sp³-hybridized carbons (Fsp3) is 0.875. The third-order valence-corrected chi connectivity index (χ3v) is 2.38. The minimum Gasteiger partial charge on any atom is -0.469 e. The molecule has 0 radical (unpaired) electrons. The first kappa shape index (κ1) is 10.4. The predicted molar refractivity (Wildman–Crippen MR) is 42.3 cm³/mol. The van der Waals surface area contributed by atoms with Crippen molar-refractivity contribution < 1.29 is 18.3 Å². The lowest BCUT2D eigenvalue weighted by molar-refractivity contribution is -0.150. The number of carbonyl (C=O) groups is 1. The number of halogens is 2. The van der Waals surface area contributed by atoms with E-state index in [2.05, 4.69) is 4.74 Å². The van der Waals surface area contributed by atoms with E-state index in [4.69, 9.17) is 5.73 Å². The van der Waals surface area contributed by atoms with E-state index in [9.17, 15) is 13.6 Å². The molecule has 0 spiro atoms. The van der Waals surface area contributed by atoms with Gasteiger partial charge in [-0.25, -0.2) is 8.78 Å². The van der Waals surface area contributed by atoms with Gasteiger partial charge in [-0.2, -0.15) is 0 Å². The molecule has 1 rings (SSSR count). The van der Waals surface area contributed by atoms with Crippen molar-refractivity contribution in [2.24, 2.45) is 11.7 Å². The van der Waals surface area contributed by atoms with Crippen LogP contribution >= 0.6 is 0 Å². The smallest absolute Gasteiger partial charge is 0.310 e. The third-order valence-electron chi connectivity index (χ3n) is 2.38. The molecule has 2 atom stereocenters. The number of hydrogen-bond acceptors (Lipinski definition) is 3. The Morgan fingerprint density at radius 3 is 2.69 bits per heavy atom. The van der Waals surface area contributed by atoms with E-state index in [-0.39, 0.29) is 12.8 Å². The molecule has 0 aromatic rings. The molecule has 0 aliphatic heterocycles. The minimum absolute atomic E-state index is 0.112. The molecule has 5 heteroatoms. The van der Waals surface area contributed by atoms with Crippen molar-refractivity contribution >= 4 is 5.97 Å². The zero-order valence-electron chi connectivity index (χ0n) is 7.43. The van der Waals surface area contributed by atoms with Crippen LogP contribution in [-0.2, 0) is 9.53 Å². The molecule has 2 unspecified atom stereocenters. The molecular formula is C8H13F2NO2. The second kappa shape index (κ2) is 3.57. The van der Waals surface area contributed by atoms with Gasteiger partial charge in [0.1, 0.15) is 0 Å². The van der Waals surface area contributed by atoms with E-state index < -0.39 is 30.3 Å². The monoisotopic (exact) mass is 193 g/mol. The summed E-state index contributed by atoms with van der Waals surface area (Å²) in [5, 5.41) is 0. The van der Waals surface area contributed by atoms with Gasteiger partial charge in [0.15, 0.2) is 0 Å². The summed E-state index contributed by atoms with van der Waals surface area (Å²) in [6, 6.07) is -0.781. The molecule has 76 valence electrons. The number of hydrogen-bond donors (Lipinski definition) is 1. The van der Waals surface area contributed by atoms with Gasteiger partial charge in [0.2, 0.25) is 5.92 Å². The van der Waals surface area contributed by atoms with Gasteiger partial charge in [-0.15, -0.1) is 0 Å². The van der Waals surface area contributed by atoms with Crippen LogP contribution in [0.25, 0.3) is 0 Å². The van der Waals surface area contributed by atoms with Crippen LogP contribution in [0.3, 0.4) is 0 Å². The Hall–Kier alpha value is -0.710. The highest BCUT2D eigenvalue weighted by molar-refractivity contribution is 5.73. The molecule has 0 aromatic heterocycles. The lowest BCUT2D eigenvalue weighted by atomic mass is 9.83. The molecule has 2 N–H and O–H groups in total. The van der Waals surface area contributed by atoms with Gasteiger partial charge >= 0.3 is 5.97 Å². The van der Waals surface area contributed by atoms with Crippen molar-refractivity contribution in [3.05, 3.63) is 0 Å². The van der Waals surface area contributed by atoms with Gasteiger partial charge in [0.05, 0.1) is 13.0 Å². The van der Waals surface area contributed by atoms with Crippen molar-refractivity contribution in [3.63, 3.8) is 0 Å². The topological polar surface area (TPSA) is 52.3 Å². The number of methoxy groups -OCH3 is 1. The van der Waals surface area contributed by atoms with Crippen LogP contribution in [0.4, 0.5) is 8.78 Å². The number of carbonyl (C=O) groups excluding carboxylic acids is 1. The Bertz CT molecular complexity index is 208. The zero-order chi connectivity index (χ0) is 10.1. The highest BCUT2D eigenvalue weighted by Gasteiger charge is 2.42. The fourth-order valence-electron chi connectivity index (χ4n) is 1.61. The van der Waals surface area contributed by atoms with Crippen LogP contribution in [0.5, 0.6) is 0 Å². The number of esters is 1. The average molecular weight is 193 g/mol. The Balaban J connectivity index is 2.58. The van der Waals surface area contributed by atoms with E-state index in [0.717, 1.165) is 0 Å². The standard InChI is InChI=1S/C8H13F2NO2/c1-13-7(12)5-2-3-8(9,10)4-6(5)11/h5-6H,2-4,11H2,1H3. The molecule has 1 aliphatic rings. The highest BCUT2D eigenvalue weighted by atomic mass is 19.3. The maximum atomic E-state index is 12.8. The van der Waals surface area contributed by atoms with Crippen molar-refractivity contribution in [3.8, 4) is 0 Å². The molecule has 1 fully saturated rings. The Morgan fingerprint density at radius 1 is 1.62 bits per heavy atom. The second-order valence-electron chi connectivity index (χ2n) is 3.39. The lowest BCUT2D eigenvalue weighted by Gasteiger charge is -2.31. The number of nitrogens with two attached hydrogens (primary N) is 1. The molecule has 0 saturated heterocycles. The molecule has 0 heterocycles. The summed E-state index contributed by atoms with van der Waals surface area (Å²) in [6.07, 6.45) is -0.589. The van der Waals surface area contributed by atoms with E-state index in [1.165, 1.54) is 7.11 Å². The summed E-state index contributed by atoms with van der Waals surface area (Å²) in [6.45, 7) is 0. The summed E-state index contributed by atoms with van der Waals surface area (Å²) in [5.41, 5.74) is 5.45. The highest BCUT2D eigenvalue weighted by Crippen LogP contribution is 2.35. The maximum absolute atomic E-state index is 12.8. The van der Waals surface area contributed by atoms with Gasteiger partial charge in [-0.3, -0.25) is 4.79 Å². The van der Waals surface area contributed by atoms with Crippen LogP contribution in [0.2, 0.25) is 0 Å². The molecule has 0 bridgehead atoms. The first-order chi connectivity index (χ1) is 5.96. The van der Waals surface area contributed by atoms with E-state index in [1.54, 1.807) is 0 Å². The van der Waals surface area contributed by atoms with Gasteiger partial charge < -0.3 is 10.5 Å². The zero-order valence-corrected chi connectivity index (χ0v) is 7.43. The molecule has 3 nitrogen and oxygen atoms in total. The Kier molecular flexibility index (Phi) is 2.85. The summed E-state index contributed by atoms with van der Waals surface area (Å²) in [4.78, 5) is 11.0. The van der Waals surface area contributed by atoms with Gasteiger partial charge in [0, 0.05) is 18.9 Å². The quantitative estimate of drug-likeness (QED) is 0.630. The van der Waals surface area contributed by atoms with E-state index >= 15 is 0 Å². The third kappa shape index (κ3) is 2.37. The van der Waals surface area contributed by atoms with Gasteiger partial charge in [-0.05, 0) is 6.42 Å². The molecule has 1 aliphatic carbocycles. The van der Waals surface area contributed by atoms with Crippen molar-refractivity contribution in [2.75, 3.05) is 7.11 Å². The first-order valence-corrected chi connectivity index (χ1v) is 4.17. The largest absolute Gasteiger partial charge is 0.469 e. The second-order valence-corrected chi connectivity index (χ2v) is 3.39. The van der Waals surface area contributed by atoms with E-state index in [0.29, 0.717) is 0 Å². The number of ether oxygens (including phenoxy) is 1. The lowest BCUT2D eigenvalue weighted by Crippen LogP contribution is -2.45. The Morgan fingerprint density at radius 2 is 2.23 bits per heavy atom. The minimum atomic E-state index is -2.72. The average Bonchev–Trinajstić information content (AvgIpc) is 2.01. The normalized spacial score (nSPS) is 32.6. The summed E-state index contributed by atoms with van der Waals surface area (Å²) in [5.74, 6) is -3.77. The predicted octanol–water partition coefficient (Wildman–Crippen LogP) is 0.922. The van der Waals surface area contributed by atoms with Crippen molar-refractivity contribution in [1.29, 1.82) is 0 Å². The van der Waals surface area contributed by atoms with Crippen LogP contribution in [0.15, 0.2) is 0 Å². The van der Waals surface area contributed by atoms with Gasteiger partial charge in [0.25, 0.3) is 0 Å². The van der Waals surface area contributed by atoms with E-state index in [1.807, 2.05) is 0 Å². The molecular weight excluding hydrogens is 180 g/mol. The summed E-state index contributed by atoms with van der Waals surface area (Å²) < 4.78 is 30.0.